The van der Waals surface area contributed by atoms with E-state index in [-0.39, 0.29) is 11.9 Å². The number of hydrogen-bond donors (Lipinski definition) is 3. The molecule has 0 saturated heterocycles. The second-order valence-corrected chi connectivity index (χ2v) is 6.63. The van der Waals surface area contributed by atoms with Gasteiger partial charge in [0.05, 0.1) is 5.69 Å². The zero-order valence-corrected chi connectivity index (χ0v) is 15.3. The number of nitrogens with one attached hydrogen (secondary N) is 2. The van der Waals surface area contributed by atoms with E-state index in [0.29, 0.717) is 24.3 Å². The molecule has 0 bridgehead atoms. The van der Waals surface area contributed by atoms with Crippen molar-refractivity contribution in [3.05, 3.63) is 78.1 Å². The van der Waals surface area contributed by atoms with Gasteiger partial charge in [-0.25, -0.2) is 4.98 Å². The molecular formula is C22H21N5O. The van der Waals surface area contributed by atoms with Crippen molar-refractivity contribution in [2.75, 3.05) is 6.54 Å². The molecule has 28 heavy (non-hydrogen) atoms. The highest BCUT2D eigenvalue weighted by Crippen LogP contribution is 2.19. The Morgan fingerprint density at radius 3 is 2.82 bits per heavy atom. The van der Waals surface area contributed by atoms with Crippen molar-refractivity contribution in [2.24, 2.45) is 5.73 Å². The van der Waals surface area contributed by atoms with Gasteiger partial charge in [0.25, 0.3) is 0 Å². The van der Waals surface area contributed by atoms with Gasteiger partial charge in [0.2, 0.25) is 5.91 Å². The van der Waals surface area contributed by atoms with Crippen molar-refractivity contribution in [3.8, 4) is 0 Å². The molecule has 4 rings (SSSR count). The number of hydrogen-bond acceptors (Lipinski definition) is 4. The molecule has 4 N–H and O–H groups in total. The van der Waals surface area contributed by atoms with E-state index in [1.54, 1.807) is 12.3 Å². The number of benzene rings is 2. The van der Waals surface area contributed by atoms with Crippen LogP contribution >= 0.6 is 0 Å². The molecule has 2 aromatic heterocycles. The molecule has 2 heterocycles. The van der Waals surface area contributed by atoms with Gasteiger partial charge in [-0.1, -0.05) is 42.5 Å². The van der Waals surface area contributed by atoms with Gasteiger partial charge < -0.3 is 11.1 Å². The number of nitrogens with two attached hydrogens (primary N) is 1. The normalized spacial score (nSPS) is 12.6. The zero-order valence-electron chi connectivity index (χ0n) is 15.3. The molecule has 0 fully saturated rings. The van der Waals surface area contributed by atoms with Gasteiger partial charge in [0.1, 0.15) is 0 Å². The Kier molecular flexibility index (Phi) is 5.12. The van der Waals surface area contributed by atoms with E-state index in [0.717, 1.165) is 5.39 Å². The molecule has 0 radical (unpaired) electrons. The minimum Gasteiger partial charge on any atom is -0.348 e. The van der Waals surface area contributed by atoms with Gasteiger partial charge in [-0.2, -0.15) is 5.10 Å². The van der Waals surface area contributed by atoms with Gasteiger partial charge in [-0.15, -0.1) is 0 Å². The summed E-state index contributed by atoms with van der Waals surface area (Å²) in [5, 5.41) is 13.3. The minimum atomic E-state index is -0.198. The SMILES string of the molecule is NC[C@H](Cc1cccc2ccccc12)NC(=O)/C=C/c1n[nH]c2ncccc12. The van der Waals surface area contributed by atoms with Gasteiger partial charge in [0.15, 0.2) is 5.65 Å². The summed E-state index contributed by atoms with van der Waals surface area (Å²) in [6, 6.07) is 18.0. The number of carbonyl (C=O) groups is 1. The van der Waals surface area contributed by atoms with Crippen LogP contribution in [0.2, 0.25) is 0 Å². The van der Waals surface area contributed by atoms with Crippen LogP contribution in [-0.2, 0) is 11.2 Å². The molecule has 0 unspecified atom stereocenters. The molecule has 1 amide bonds. The molecule has 1 atom stereocenters. The Balaban J connectivity index is 1.46. The summed E-state index contributed by atoms with van der Waals surface area (Å²) in [7, 11) is 0. The number of pyridine rings is 1. The van der Waals surface area contributed by atoms with Crippen molar-refractivity contribution in [1.82, 2.24) is 20.5 Å². The number of fused-ring (bicyclic) bond motifs is 2. The maximum atomic E-state index is 12.4. The molecular weight excluding hydrogens is 350 g/mol. The van der Waals surface area contributed by atoms with E-state index in [9.17, 15) is 4.79 Å². The van der Waals surface area contributed by atoms with Gasteiger partial charge in [-0.05, 0) is 41.0 Å². The lowest BCUT2D eigenvalue weighted by molar-refractivity contribution is -0.117. The fourth-order valence-electron chi connectivity index (χ4n) is 3.33. The van der Waals surface area contributed by atoms with Crippen LogP contribution in [0.3, 0.4) is 0 Å². The standard InChI is InChI=1S/C22H21N5O/c23-14-17(13-16-7-3-6-15-5-1-2-8-18(15)16)25-21(28)11-10-20-19-9-4-12-24-22(19)27-26-20/h1-12,17H,13-14,23H2,(H,25,28)(H,24,26,27)/b11-10+/t17-/m0/s1. The van der Waals surface area contributed by atoms with Gasteiger partial charge in [0, 0.05) is 30.2 Å². The molecule has 6 nitrogen and oxygen atoms in total. The highest BCUT2D eigenvalue weighted by atomic mass is 16.1. The summed E-state index contributed by atoms with van der Waals surface area (Å²) in [5.74, 6) is -0.198. The zero-order chi connectivity index (χ0) is 19.3. The number of aromatic nitrogens is 3. The first-order valence-electron chi connectivity index (χ1n) is 9.19. The largest absolute Gasteiger partial charge is 0.348 e. The summed E-state index contributed by atoms with van der Waals surface area (Å²) in [6.07, 6.45) is 5.53. The second kappa shape index (κ2) is 8.02. The van der Waals surface area contributed by atoms with Crippen LogP contribution in [-0.4, -0.2) is 33.7 Å². The van der Waals surface area contributed by atoms with Crippen LogP contribution < -0.4 is 11.1 Å². The summed E-state index contributed by atoms with van der Waals surface area (Å²) >= 11 is 0. The van der Waals surface area contributed by atoms with E-state index >= 15 is 0 Å². The average Bonchev–Trinajstić information content (AvgIpc) is 3.15. The number of rotatable bonds is 6. The summed E-state index contributed by atoms with van der Waals surface area (Å²) in [4.78, 5) is 16.6. The minimum absolute atomic E-state index is 0.152. The molecule has 0 aliphatic rings. The Morgan fingerprint density at radius 2 is 1.93 bits per heavy atom. The lowest BCUT2D eigenvalue weighted by Gasteiger charge is -2.17. The lowest BCUT2D eigenvalue weighted by atomic mass is 9.99. The van der Waals surface area contributed by atoms with Gasteiger partial charge >= 0.3 is 0 Å². The van der Waals surface area contributed by atoms with Crippen molar-refractivity contribution >= 4 is 33.8 Å². The fourth-order valence-corrected chi connectivity index (χ4v) is 3.33. The highest BCUT2D eigenvalue weighted by molar-refractivity contribution is 5.94. The van der Waals surface area contributed by atoms with Crippen LogP contribution in [0.1, 0.15) is 11.3 Å². The van der Waals surface area contributed by atoms with E-state index in [2.05, 4.69) is 44.8 Å². The van der Waals surface area contributed by atoms with Crippen LogP contribution in [0.5, 0.6) is 0 Å². The van der Waals surface area contributed by atoms with Gasteiger partial charge in [-0.3, -0.25) is 9.89 Å². The molecule has 4 aromatic rings. The number of aromatic amines is 1. The number of H-pyrrole nitrogens is 1. The van der Waals surface area contributed by atoms with Crippen LogP contribution in [0.25, 0.3) is 27.9 Å². The first kappa shape index (κ1) is 17.9. The molecule has 0 aliphatic carbocycles. The first-order valence-corrected chi connectivity index (χ1v) is 9.19. The Bertz CT molecular complexity index is 1140. The molecule has 0 spiro atoms. The average molecular weight is 371 g/mol. The Hall–Kier alpha value is -3.51. The lowest BCUT2D eigenvalue weighted by Crippen LogP contribution is -2.41. The Labute approximate surface area is 162 Å². The third-order valence-electron chi connectivity index (χ3n) is 4.74. The fraction of sp³-hybridized carbons (Fsp3) is 0.136. The topological polar surface area (TPSA) is 96.7 Å². The second-order valence-electron chi connectivity index (χ2n) is 6.63. The monoisotopic (exact) mass is 371 g/mol. The molecule has 0 aliphatic heterocycles. The molecule has 0 saturated carbocycles. The van der Waals surface area contributed by atoms with Crippen molar-refractivity contribution in [2.45, 2.75) is 12.5 Å². The quantitative estimate of drug-likeness (QED) is 0.454. The third-order valence-corrected chi connectivity index (χ3v) is 4.74. The molecule has 6 heteroatoms. The summed E-state index contributed by atoms with van der Waals surface area (Å²) in [6.45, 7) is 0.359. The number of amides is 1. The number of nitrogens with zero attached hydrogens (tertiary/aromatic N) is 2. The first-order chi connectivity index (χ1) is 13.7. The molecule has 140 valence electrons. The summed E-state index contributed by atoms with van der Waals surface area (Å²) in [5.41, 5.74) is 8.45. The molecule has 2 aromatic carbocycles. The Morgan fingerprint density at radius 1 is 1.11 bits per heavy atom. The maximum absolute atomic E-state index is 12.4. The predicted octanol–water partition coefficient (Wildman–Crippen LogP) is 2.81. The van der Waals surface area contributed by atoms with E-state index in [1.807, 2.05) is 30.3 Å². The number of carbonyl (C=O) groups excluding carboxylic acids is 1. The van der Waals surface area contributed by atoms with Crippen LogP contribution in [0, 0.1) is 0 Å². The third kappa shape index (κ3) is 3.77. The van der Waals surface area contributed by atoms with Crippen LogP contribution in [0.15, 0.2) is 66.9 Å². The highest BCUT2D eigenvalue weighted by Gasteiger charge is 2.12. The predicted molar refractivity (Wildman–Crippen MR) is 112 cm³/mol. The van der Waals surface area contributed by atoms with E-state index < -0.39 is 0 Å². The van der Waals surface area contributed by atoms with Crippen molar-refractivity contribution < 1.29 is 4.79 Å². The van der Waals surface area contributed by atoms with Crippen LogP contribution in [0.4, 0.5) is 0 Å². The van der Waals surface area contributed by atoms with Crippen molar-refractivity contribution in [3.63, 3.8) is 0 Å². The van der Waals surface area contributed by atoms with E-state index in [1.165, 1.54) is 22.4 Å². The summed E-state index contributed by atoms with van der Waals surface area (Å²) < 4.78 is 0. The van der Waals surface area contributed by atoms with Crippen molar-refractivity contribution in [1.29, 1.82) is 0 Å². The van der Waals surface area contributed by atoms with E-state index in [4.69, 9.17) is 5.73 Å². The maximum Gasteiger partial charge on any atom is 0.244 e. The smallest absolute Gasteiger partial charge is 0.244 e.